The molecule has 0 aromatic heterocycles. The fourth-order valence-electron chi connectivity index (χ4n) is 2.20. The second-order valence-corrected chi connectivity index (χ2v) is 5.67. The van der Waals surface area contributed by atoms with Crippen molar-refractivity contribution in [2.75, 3.05) is 7.11 Å². The summed E-state index contributed by atoms with van der Waals surface area (Å²) < 4.78 is 9.97. The number of nitrogens with one attached hydrogen (secondary N) is 1. The average Bonchev–Trinajstić information content (AvgIpc) is 2.26. The Bertz CT molecular complexity index is 309. The molecule has 0 bridgehead atoms. The van der Waals surface area contributed by atoms with Crippen LogP contribution in [-0.4, -0.2) is 30.8 Å². The van der Waals surface area contributed by atoms with Gasteiger partial charge in [0.05, 0.1) is 13.0 Å². The van der Waals surface area contributed by atoms with E-state index in [2.05, 4.69) is 5.32 Å². The third-order valence-corrected chi connectivity index (χ3v) is 2.97. The zero-order valence-corrected chi connectivity index (χ0v) is 11.6. The lowest BCUT2D eigenvalue weighted by Gasteiger charge is -2.31. The molecule has 0 saturated heterocycles. The average molecular weight is 257 g/mol. The number of rotatable bonds is 2. The molecule has 2 atom stereocenters. The van der Waals surface area contributed by atoms with E-state index in [1.54, 1.807) is 0 Å². The molecular formula is C13H23NO4. The Morgan fingerprint density at radius 3 is 2.33 bits per heavy atom. The number of methoxy groups -OCH3 is 1. The van der Waals surface area contributed by atoms with Gasteiger partial charge < -0.3 is 14.8 Å². The molecular weight excluding hydrogens is 234 g/mol. The van der Waals surface area contributed by atoms with Gasteiger partial charge in [0.1, 0.15) is 5.60 Å². The van der Waals surface area contributed by atoms with Crippen molar-refractivity contribution in [3.63, 3.8) is 0 Å². The monoisotopic (exact) mass is 257 g/mol. The molecule has 1 rings (SSSR count). The SMILES string of the molecule is COC(=O)[C@H]1CCCC[C@H]1NC(=O)OC(C)(C)C. The van der Waals surface area contributed by atoms with Gasteiger partial charge in [-0.05, 0) is 33.6 Å². The van der Waals surface area contributed by atoms with Crippen LogP contribution in [0.3, 0.4) is 0 Å². The zero-order chi connectivity index (χ0) is 13.8. The number of amides is 1. The van der Waals surface area contributed by atoms with Gasteiger partial charge in [-0.25, -0.2) is 4.79 Å². The predicted molar refractivity (Wildman–Crippen MR) is 67.1 cm³/mol. The fraction of sp³-hybridized carbons (Fsp3) is 0.846. The van der Waals surface area contributed by atoms with Gasteiger partial charge in [-0.2, -0.15) is 0 Å². The molecule has 1 aliphatic rings. The van der Waals surface area contributed by atoms with Crippen molar-refractivity contribution in [1.29, 1.82) is 0 Å². The first-order valence-electron chi connectivity index (χ1n) is 6.41. The second-order valence-electron chi connectivity index (χ2n) is 5.67. The first-order chi connectivity index (χ1) is 8.33. The summed E-state index contributed by atoms with van der Waals surface area (Å²) in [4.78, 5) is 23.3. The smallest absolute Gasteiger partial charge is 0.407 e. The van der Waals surface area contributed by atoms with Crippen LogP contribution in [0.1, 0.15) is 46.5 Å². The van der Waals surface area contributed by atoms with Gasteiger partial charge >= 0.3 is 12.1 Å². The van der Waals surface area contributed by atoms with Crippen molar-refractivity contribution in [2.24, 2.45) is 5.92 Å². The number of carbonyl (C=O) groups excluding carboxylic acids is 2. The zero-order valence-electron chi connectivity index (χ0n) is 11.6. The largest absolute Gasteiger partial charge is 0.469 e. The van der Waals surface area contributed by atoms with Crippen LogP contribution in [0.2, 0.25) is 0 Å². The summed E-state index contributed by atoms with van der Waals surface area (Å²) in [6, 6.07) is -0.180. The number of carbonyl (C=O) groups is 2. The quantitative estimate of drug-likeness (QED) is 0.770. The van der Waals surface area contributed by atoms with Crippen molar-refractivity contribution >= 4 is 12.1 Å². The van der Waals surface area contributed by atoms with Crippen molar-refractivity contribution in [3.05, 3.63) is 0 Å². The van der Waals surface area contributed by atoms with E-state index in [4.69, 9.17) is 9.47 Å². The first-order valence-corrected chi connectivity index (χ1v) is 6.41. The van der Waals surface area contributed by atoms with Crippen molar-refractivity contribution in [1.82, 2.24) is 5.32 Å². The normalized spacial score (nSPS) is 24.2. The van der Waals surface area contributed by atoms with Crippen molar-refractivity contribution in [2.45, 2.75) is 58.1 Å². The molecule has 1 amide bonds. The highest BCUT2D eigenvalue weighted by molar-refractivity contribution is 5.75. The Morgan fingerprint density at radius 1 is 1.17 bits per heavy atom. The second kappa shape index (κ2) is 6.07. The van der Waals surface area contributed by atoms with Crippen LogP contribution < -0.4 is 5.32 Å². The van der Waals surface area contributed by atoms with E-state index in [-0.39, 0.29) is 17.9 Å². The molecule has 0 heterocycles. The lowest BCUT2D eigenvalue weighted by atomic mass is 9.84. The Labute approximate surface area is 108 Å². The topological polar surface area (TPSA) is 64.6 Å². The summed E-state index contributed by atoms with van der Waals surface area (Å²) in [5.41, 5.74) is -0.528. The van der Waals surface area contributed by atoms with Crippen LogP contribution in [0, 0.1) is 5.92 Å². The number of hydrogen-bond acceptors (Lipinski definition) is 4. The molecule has 5 heteroatoms. The van der Waals surface area contributed by atoms with E-state index < -0.39 is 11.7 Å². The highest BCUT2D eigenvalue weighted by Gasteiger charge is 2.33. The molecule has 1 aliphatic carbocycles. The lowest BCUT2D eigenvalue weighted by molar-refractivity contribution is -0.147. The van der Waals surface area contributed by atoms with Crippen LogP contribution in [0.5, 0.6) is 0 Å². The number of esters is 1. The highest BCUT2D eigenvalue weighted by Crippen LogP contribution is 2.25. The van der Waals surface area contributed by atoms with Crippen LogP contribution in [0.25, 0.3) is 0 Å². The Hall–Kier alpha value is -1.26. The fourth-order valence-corrected chi connectivity index (χ4v) is 2.20. The predicted octanol–water partition coefficient (Wildman–Crippen LogP) is 2.24. The summed E-state index contributed by atoms with van der Waals surface area (Å²) in [5.74, 6) is -0.507. The summed E-state index contributed by atoms with van der Waals surface area (Å²) in [6.07, 6.45) is 3.08. The van der Waals surface area contributed by atoms with E-state index in [0.29, 0.717) is 0 Å². The Morgan fingerprint density at radius 2 is 1.78 bits per heavy atom. The molecule has 1 saturated carbocycles. The van der Waals surface area contributed by atoms with Gasteiger partial charge in [0.25, 0.3) is 0 Å². The van der Waals surface area contributed by atoms with E-state index in [9.17, 15) is 9.59 Å². The lowest BCUT2D eigenvalue weighted by Crippen LogP contribution is -2.47. The third kappa shape index (κ3) is 4.55. The third-order valence-electron chi connectivity index (χ3n) is 2.97. The van der Waals surface area contributed by atoms with Gasteiger partial charge in [0.2, 0.25) is 0 Å². The van der Waals surface area contributed by atoms with E-state index in [0.717, 1.165) is 25.7 Å². The van der Waals surface area contributed by atoms with Crippen LogP contribution in [0.15, 0.2) is 0 Å². The van der Waals surface area contributed by atoms with Crippen LogP contribution >= 0.6 is 0 Å². The molecule has 0 aromatic rings. The van der Waals surface area contributed by atoms with Gasteiger partial charge in [-0.15, -0.1) is 0 Å². The highest BCUT2D eigenvalue weighted by atomic mass is 16.6. The van der Waals surface area contributed by atoms with E-state index >= 15 is 0 Å². The molecule has 0 unspecified atom stereocenters. The van der Waals surface area contributed by atoms with Crippen LogP contribution in [-0.2, 0) is 14.3 Å². The molecule has 0 spiro atoms. The van der Waals surface area contributed by atoms with Gasteiger partial charge in [0, 0.05) is 6.04 Å². The number of alkyl carbamates (subject to hydrolysis) is 1. The summed E-state index contributed by atoms with van der Waals surface area (Å²) in [6.45, 7) is 5.43. The molecule has 104 valence electrons. The maximum absolute atomic E-state index is 11.7. The van der Waals surface area contributed by atoms with Crippen molar-refractivity contribution < 1.29 is 19.1 Å². The molecule has 1 N–H and O–H groups in total. The molecule has 0 aliphatic heterocycles. The molecule has 1 fully saturated rings. The summed E-state index contributed by atoms with van der Waals surface area (Å²) in [7, 11) is 1.38. The molecule has 0 aromatic carbocycles. The minimum absolute atomic E-state index is 0.180. The molecule has 0 radical (unpaired) electrons. The summed E-state index contributed by atoms with van der Waals surface area (Å²) in [5, 5.41) is 2.78. The number of hydrogen-bond donors (Lipinski definition) is 1. The standard InChI is InChI=1S/C13H23NO4/c1-13(2,3)18-12(16)14-10-8-6-5-7-9(10)11(15)17-4/h9-10H,5-8H2,1-4H3,(H,14,16)/t9-,10+/m0/s1. The molecule has 5 nitrogen and oxygen atoms in total. The van der Waals surface area contributed by atoms with Gasteiger partial charge in [-0.3, -0.25) is 4.79 Å². The minimum Gasteiger partial charge on any atom is -0.469 e. The maximum atomic E-state index is 11.7. The maximum Gasteiger partial charge on any atom is 0.407 e. The number of ether oxygens (including phenoxy) is 2. The minimum atomic E-state index is -0.528. The Balaban J connectivity index is 2.57. The van der Waals surface area contributed by atoms with Gasteiger partial charge in [0.15, 0.2) is 0 Å². The van der Waals surface area contributed by atoms with Crippen LogP contribution in [0.4, 0.5) is 4.79 Å². The van der Waals surface area contributed by atoms with Crippen molar-refractivity contribution in [3.8, 4) is 0 Å². The van der Waals surface area contributed by atoms with Gasteiger partial charge in [-0.1, -0.05) is 12.8 Å². The molecule has 18 heavy (non-hydrogen) atoms. The Kier molecular flexibility index (Phi) is 4.99. The first kappa shape index (κ1) is 14.8. The van der Waals surface area contributed by atoms with E-state index in [1.165, 1.54) is 7.11 Å². The van der Waals surface area contributed by atoms with E-state index in [1.807, 2.05) is 20.8 Å². The summed E-state index contributed by atoms with van der Waals surface area (Å²) >= 11 is 0.